The van der Waals surface area contributed by atoms with E-state index in [1.807, 2.05) is 13.8 Å². The zero-order valence-electron chi connectivity index (χ0n) is 10.5. The van der Waals surface area contributed by atoms with E-state index in [0.717, 1.165) is 0 Å². The first-order valence-electron chi connectivity index (χ1n) is 5.65. The van der Waals surface area contributed by atoms with E-state index in [2.05, 4.69) is 0 Å². The molecule has 17 heavy (non-hydrogen) atoms. The van der Waals surface area contributed by atoms with Crippen LogP contribution in [0.4, 0.5) is 5.69 Å². The fourth-order valence-corrected chi connectivity index (χ4v) is 1.37. The van der Waals surface area contributed by atoms with Crippen LogP contribution in [0.25, 0.3) is 0 Å². The van der Waals surface area contributed by atoms with Gasteiger partial charge < -0.3 is 15.2 Å². The first kappa shape index (κ1) is 13.5. The van der Waals surface area contributed by atoms with Gasteiger partial charge in [0.25, 0.3) is 0 Å². The van der Waals surface area contributed by atoms with Gasteiger partial charge in [0.1, 0.15) is 12.4 Å². The van der Waals surface area contributed by atoms with Crippen molar-refractivity contribution in [3.63, 3.8) is 0 Å². The molecular formula is C13H19NO3. The predicted molar refractivity (Wildman–Crippen MR) is 67.4 cm³/mol. The second-order valence-electron chi connectivity index (χ2n) is 4.07. The Balaban J connectivity index is 2.54. The van der Waals surface area contributed by atoms with Crippen LogP contribution in [0.1, 0.15) is 31.1 Å². The summed E-state index contributed by atoms with van der Waals surface area (Å²) in [5.41, 5.74) is 6.65. The monoisotopic (exact) mass is 237 g/mol. The van der Waals surface area contributed by atoms with Crippen LogP contribution in [-0.2, 0) is 4.74 Å². The molecule has 0 bridgehead atoms. The summed E-state index contributed by atoms with van der Waals surface area (Å²) in [5, 5.41) is 0. The predicted octanol–water partition coefficient (Wildman–Crippen LogP) is 2.28. The van der Waals surface area contributed by atoms with E-state index < -0.39 is 0 Å². The smallest absolute Gasteiger partial charge is 0.162 e. The van der Waals surface area contributed by atoms with Crippen LogP contribution in [-0.4, -0.2) is 25.1 Å². The van der Waals surface area contributed by atoms with Gasteiger partial charge in [0.2, 0.25) is 0 Å². The summed E-state index contributed by atoms with van der Waals surface area (Å²) >= 11 is 0. The second kappa shape index (κ2) is 6.25. The van der Waals surface area contributed by atoms with Gasteiger partial charge in [-0.25, -0.2) is 0 Å². The molecule has 0 aliphatic heterocycles. The maximum absolute atomic E-state index is 11.3. The number of Topliss-reactive ketones (excluding diaryl/α,β-unsaturated/α-hetero) is 1. The Morgan fingerprint density at radius 3 is 2.65 bits per heavy atom. The number of hydrogen-bond donors (Lipinski definition) is 1. The van der Waals surface area contributed by atoms with Gasteiger partial charge in [-0.1, -0.05) is 0 Å². The molecule has 1 aromatic rings. The molecule has 94 valence electrons. The summed E-state index contributed by atoms with van der Waals surface area (Å²) in [6.07, 6.45) is 0.192. The zero-order valence-corrected chi connectivity index (χ0v) is 10.5. The van der Waals surface area contributed by atoms with Crippen molar-refractivity contribution in [3.05, 3.63) is 23.8 Å². The summed E-state index contributed by atoms with van der Waals surface area (Å²) < 4.78 is 10.8. The van der Waals surface area contributed by atoms with Gasteiger partial charge in [-0.3, -0.25) is 4.79 Å². The third kappa shape index (κ3) is 4.44. The standard InChI is InChI=1S/C13H19NO3/c1-9(2)16-6-7-17-11-4-5-13(14)12(8-11)10(3)15/h4-5,8-9H,6-7,14H2,1-3H3. The molecule has 0 heterocycles. The number of ketones is 1. The summed E-state index contributed by atoms with van der Waals surface area (Å²) in [4.78, 5) is 11.3. The average Bonchev–Trinajstić information content (AvgIpc) is 2.25. The lowest BCUT2D eigenvalue weighted by Gasteiger charge is -2.10. The topological polar surface area (TPSA) is 61.5 Å². The Bertz CT molecular complexity index is 388. The highest BCUT2D eigenvalue weighted by atomic mass is 16.5. The summed E-state index contributed by atoms with van der Waals surface area (Å²) in [6.45, 7) is 6.41. The molecule has 1 rings (SSSR count). The van der Waals surface area contributed by atoms with Gasteiger partial charge in [0.05, 0.1) is 12.7 Å². The molecule has 0 amide bonds. The Kier molecular flexibility index (Phi) is 4.97. The van der Waals surface area contributed by atoms with Crippen LogP contribution in [0.3, 0.4) is 0 Å². The van der Waals surface area contributed by atoms with Crippen molar-refractivity contribution >= 4 is 11.5 Å². The first-order valence-corrected chi connectivity index (χ1v) is 5.65. The fourth-order valence-electron chi connectivity index (χ4n) is 1.37. The lowest BCUT2D eigenvalue weighted by molar-refractivity contribution is 0.0552. The average molecular weight is 237 g/mol. The molecule has 0 spiro atoms. The Labute approximate surface area is 102 Å². The van der Waals surface area contributed by atoms with E-state index in [1.54, 1.807) is 18.2 Å². The van der Waals surface area contributed by atoms with Crippen molar-refractivity contribution in [1.29, 1.82) is 0 Å². The zero-order chi connectivity index (χ0) is 12.8. The van der Waals surface area contributed by atoms with E-state index in [9.17, 15) is 4.79 Å². The number of rotatable bonds is 6. The molecule has 0 unspecified atom stereocenters. The first-order chi connectivity index (χ1) is 8.00. The van der Waals surface area contributed by atoms with Gasteiger partial charge in [-0.15, -0.1) is 0 Å². The molecule has 4 nitrogen and oxygen atoms in total. The number of benzene rings is 1. The minimum atomic E-state index is -0.0635. The van der Waals surface area contributed by atoms with E-state index in [-0.39, 0.29) is 11.9 Å². The molecular weight excluding hydrogens is 218 g/mol. The van der Waals surface area contributed by atoms with Gasteiger partial charge >= 0.3 is 0 Å². The van der Waals surface area contributed by atoms with E-state index in [4.69, 9.17) is 15.2 Å². The molecule has 0 atom stereocenters. The molecule has 2 N–H and O–H groups in total. The van der Waals surface area contributed by atoms with Crippen molar-refractivity contribution in [3.8, 4) is 5.75 Å². The van der Waals surface area contributed by atoms with Crippen LogP contribution in [0, 0.1) is 0 Å². The van der Waals surface area contributed by atoms with E-state index in [1.165, 1.54) is 6.92 Å². The van der Waals surface area contributed by atoms with Crippen molar-refractivity contribution in [2.75, 3.05) is 18.9 Å². The highest BCUT2D eigenvalue weighted by Gasteiger charge is 2.06. The molecule has 0 aliphatic carbocycles. The number of hydrogen-bond acceptors (Lipinski definition) is 4. The van der Waals surface area contributed by atoms with Crippen LogP contribution in [0.2, 0.25) is 0 Å². The quantitative estimate of drug-likeness (QED) is 0.468. The summed E-state index contributed by atoms with van der Waals surface area (Å²) in [7, 11) is 0. The number of carbonyl (C=O) groups excluding carboxylic acids is 1. The second-order valence-corrected chi connectivity index (χ2v) is 4.07. The number of nitrogen functional groups attached to an aromatic ring is 1. The highest BCUT2D eigenvalue weighted by molar-refractivity contribution is 5.99. The fraction of sp³-hybridized carbons (Fsp3) is 0.462. The molecule has 0 aromatic heterocycles. The number of carbonyl (C=O) groups is 1. The number of ether oxygens (including phenoxy) is 2. The summed E-state index contributed by atoms with van der Waals surface area (Å²) in [6, 6.07) is 5.08. The SMILES string of the molecule is CC(=O)c1cc(OCCOC(C)C)ccc1N. The van der Waals surface area contributed by atoms with Gasteiger partial charge in [0.15, 0.2) is 5.78 Å². The third-order valence-corrected chi connectivity index (χ3v) is 2.21. The van der Waals surface area contributed by atoms with Gasteiger partial charge in [-0.2, -0.15) is 0 Å². The Morgan fingerprint density at radius 1 is 1.35 bits per heavy atom. The molecule has 0 fully saturated rings. The van der Waals surface area contributed by atoms with Crippen molar-refractivity contribution in [1.82, 2.24) is 0 Å². The Morgan fingerprint density at radius 2 is 2.06 bits per heavy atom. The Hall–Kier alpha value is -1.55. The lowest BCUT2D eigenvalue weighted by atomic mass is 10.1. The normalized spacial score (nSPS) is 10.6. The van der Waals surface area contributed by atoms with Crippen LogP contribution >= 0.6 is 0 Å². The van der Waals surface area contributed by atoms with Crippen LogP contribution < -0.4 is 10.5 Å². The van der Waals surface area contributed by atoms with Gasteiger partial charge in [0, 0.05) is 11.3 Å². The van der Waals surface area contributed by atoms with Crippen molar-refractivity contribution < 1.29 is 14.3 Å². The van der Waals surface area contributed by atoms with Gasteiger partial charge in [-0.05, 0) is 39.0 Å². The van der Waals surface area contributed by atoms with Crippen LogP contribution in [0.15, 0.2) is 18.2 Å². The summed E-state index contributed by atoms with van der Waals surface area (Å²) in [5.74, 6) is 0.572. The highest BCUT2D eigenvalue weighted by Crippen LogP contribution is 2.20. The lowest BCUT2D eigenvalue weighted by Crippen LogP contribution is -2.11. The van der Waals surface area contributed by atoms with E-state index in [0.29, 0.717) is 30.2 Å². The van der Waals surface area contributed by atoms with E-state index >= 15 is 0 Å². The number of anilines is 1. The molecule has 1 aromatic carbocycles. The third-order valence-electron chi connectivity index (χ3n) is 2.21. The molecule has 4 heteroatoms. The molecule has 0 aliphatic rings. The maximum Gasteiger partial charge on any atom is 0.162 e. The minimum Gasteiger partial charge on any atom is -0.491 e. The van der Waals surface area contributed by atoms with Crippen molar-refractivity contribution in [2.45, 2.75) is 26.9 Å². The minimum absolute atomic E-state index is 0.0635. The van der Waals surface area contributed by atoms with Crippen LogP contribution in [0.5, 0.6) is 5.75 Å². The number of nitrogens with two attached hydrogens (primary N) is 1. The largest absolute Gasteiger partial charge is 0.491 e. The molecule has 0 saturated carbocycles. The maximum atomic E-state index is 11.3. The molecule has 0 saturated heterocycles. The van der Waals surface area contributed by atoms with Crippen molar-refractivity contribution in [2.24, 2.45) is 0 Å². The molecule has 0 radical (unpaired) electrons.